The molecular weight excluding hydrogens is 262 g/mol. The van der Waals surface area contributed by atoms with Crippen LogP contribution in [-0.4, -0.2) is 18.5 Å². The molecule has 0 spiro atoms. The molecule has 0 aromatic heterocycles. The first-order valence-corrected chi connectivity index (χ1v) is 7.84. The van der Waals surface area contributed by atoms with Crippen LogP contribution in [0.5, 0.6) is 0 Å². The van der Waals surface area contributed by atoms with Gasteiger partial charge in [0.2, 0.25) is 0 Å². The van der Waals surface area contributed by atoms with Gasteiger partial charge in [-0.05, 0) is 18.4 Å². The van der Waals surface area contributed by atoms with E-state index in [-0.39, 0.29) is 11.9 Å². The molecule has 4 N–H and O–H groups in total. The summed E-state index contributed by atoms with van der Waals surface area (Å²) in [6.07, 6.45) is 6.24. The minimum Gasteiger partial charge on any atom is -0.384 e. The largest absolute Gasteiger partial charge is 0.384 e. The summed E-state index contributed by atoms with van der Waals surface area (Å²) in [7, 11) is 0. The lowest BCUT2D eigenvalue weighted by Crippen LogP contribution is -2.33. The van der Waals surface area contributed by atoms with Crippen molar-refractivity contribution in [2.45, 2.75) is 44.2 Å². The van der Waals surface area contributed by atoms with Gasteiger partial charge >= 0.3 is 0 Å². The average Bonchev–Trinajstić information content (AvgIpc) is 2.89. The molecule has 0 saturated heterocycles. The van der Waals surface area contributed by atoms with Crippen molar-refractivity contribution >= 4 is 5.91 Å². The van der Waals surface area contributed by atoms with Crippen molar-refractivity contribution in [1.29, 1.82) is 0 Å². The Balaban J connectivity index is 1.81. The van der Waals surface area contributed by atoms with E-state index in [2.05, 4.69) is 10.6 Å². The Morgan fingerprint density at radius 2 is 1.86 bits per heavy atom. The van der Waals surface area contributed by atoms with Crippen LogP contribution < -0.4 is 16.4 Å². The molecule has 1 aromatic carbocycles. The molecule has 1 aromatic rings. The molecule has 0 bridgehead atoms. The molecule has 1 aliphatic carbocycles. The Morgan fingerprint density at radius 1 is 1.14 bits per heavy atom. The number of hydrogen-bond acceptors (Lipinski definition) is 3. The number of amides is 1. The lowest BCUT2D eigenvalue weighted by atomic mass is 9.94. The lowest BCUT2D eigenvalue weighted by molar-refractivity contribution is -0.116. The van der Waals surface area contributed by atoms with Gasteiger partial charge in [0.15, 0.2) is 0 Å². The van der Waals surface area contributed by atoms with Gasteiger partial charge in [-0.3, -0.25) is 4.79 Å². The van der Waals surface area contributed by atoms with Crippen molar-refractivity contribution in [2.75, 3.05) is 6.54 Å². The van der Waals surface area contributed by atoms with E-state index in [1.54, 1.807) is 0 Å². The van der Waals surface area contributed by atoms with Gasteiger partial charge in [-0.1, -0.05) is 49.6 Å². The van der Waals surface area contributed by atoms with Gasteiger partial charge < -0.3 is 16.4 Å². The number of nitrogens with one attached hydrogen (secondary N) is 2. The SMILES string of the molecule is N[C@H](C1=C(NC2CCCCC2)CNC1=O)c1ccccc1. The molecule has 4 nitrogen and oxygen atoms in total. The molecule has 4 heteroatoms. The van der Waals surface area contributed by atoms with Crippen molar-refractivity contribution in [3.05, 3.63) is 47.2 Å². The summed E-state index contributed by atoms with van der Waals surface area (Å²) >= 11 is 0. The highest BCUT2D eigenvalue weighted by Crippen LogP contribution is 2.26. The van der Waals surface area contributed by atoms with E-state index >= 15 is 0 Å². The van der Waals surface area contributed by atoms with E-state index in [1.807, 2.05) is 30.3 Å². The Bertz CT molecular complexity index is 532. The van der Waals surface area contributed by atoms with Gasteiger partial charge in [0.1, 0.15) is 0 Å². The Labute approximate surface area is 125 Å². The van der Waals surface area contributed by atoms with Gasteiger partial charge in [-0.2, -0.15) is 0 Å². The van der Waals surface area contributed by atoms with Crippen molar-refractivity contribution in [3.8, 4) is 0 Å². The molecule has 1 amide bonds. The molecule has 3 rings (SSSR count). The first-order valence-electron chi connectivity index (χ1n) is 7.84. The van der Waals surface area contributed by atoms with E-state index in [9.17, 15) is 4.79 Å². The summed E-state index contributed by atoms with van der Waals surface area (Å²) < 4.78 is 0. The predicted octanol–water partition coefficient (Wildman–Crippen LogP) is 1.99. The molecule has 1 aliphatic heterocycles. The van der Waals surface area contributed by atoms with Crippen LogP contribution in [0.2, 0.25) is 0 Å². The molecule has 2 aliphatic rings. The molecule has 1 fully saturated rings. The van der Waals surface area contributed by atoms with E-state index < -0.39 is 0 Å². The molecule has 1 heterocycles. The Morgan fingerprint density at radius 3 is 2.57 bits per heavy atom. The second-order valence-electron chi connectivity index (χ2n) is 5.94. The zero-order valence-corrected chi connectivity index (χ0v) is 12.3. The Hall–Kier alpha value is -1.81. The summed E-state index contributed by atoms with van der Waals surface area (Å²) in [5.41, 5.74) is 9.00. The molecule has 0 radical (unpaired) electrons. The molecule has 1 saturated carbocycles. The average molecular weight is 285 g/mol. The number of hydrogen-bond donors (Lipinski definition) is 3. The zero-order chi connectivity index (χ0) is 14.7. The first-order chi connectivity index (χ1) is 10.3. The van der Waals surface area contributed by atoms with Crippen molar-refractivity contribution in [2.24, 2.45) is 5.73 Å². The van der Waals surface area contributed by atoms with Crippen LogP contribution in [0.25, 0.3) is 0 Å². The number of nitrogens with two attached hydrogens (primary N) is 1. The summed E-state index contributed by atoms with van der Waals surface area (Å²) in [4.78, 5) is 12.2. The number of rotatable bonds is 4. The van der Waals surface area contributed by atoms with Gasteiger partial charge in [0, 0.05) is 11.7 Å². The topological polar surface area (TPSA) is 67.2 Å². The van der Waals surface area contributed by atoms with Crippen molar-refractivity contribution in [1.82, 2.24) is 10.6 Å². The third-order valence-electron chi connectivity index (χ3n) is 4.45. The highest BCUT2D eigenvalue weighted by atomic mass is 16.2. The highest BCUT2D eigenvalue weighted by molar-refractivity contribution is 5.98. The summed E-state index contributed by atoms with van der Waals surface area (Å²) in [5, 5.41) is 6.47. The highest BCUT2D eigenvalue weighted by Gasteiger charge is 2.29. The second-order valence-corrected chi connectivity index (χ2v) is 5.94. The summed E-state index contributed by atoms with van der Waals surface area (Å²) in [6, 6.07) is 9.94. The molecule has 112 valence electrons. The normalized spacial score (nSPS) is 21.3. The van der Waals surface area contributed by atoms with E-state index in [4.69, 9.17) is 5.73 Å². The summed E-state index contributed by atoms with van der Waals surface area (Å²) in [5.74, 6) is -0.0373. The second kappa shape index (κ2) is 6.31. The fourth-order valence-corrected chi connectivity index (χ4v) is 3.27. The van der Waals surface area contributed by atoms with Crippen LogP contribution in [0, 0.1) is 0 Å². The van der Waals surface area contributed by atoms with Crippen molar-refractivity contribution < 1.29 is 4.79 Å². The number of benzene rings is 1. The van der Waals surface area contributed by atoms with Gasteiger partial charge in [0.25, 0.3) is 5.91 Å². The summed E-state index contributed by atoms with van der Waals surface area (Å²) in [6.45, 7) is 0.575. The van der Waals surface area contributed by atoms with Crippen LogP contribution in [0.1, 0.15) is 43.7 Å². The molecule has 21 heavy (non-hydrogen) atoms. The van der Waals surface area contributed by atoms with Crippen LogP contribution >= 0.6 is 0 Å². The van der Waals surface area contributed by atoms with Crippen LogP contribution in [0.15, 0.2) is 41.6 Å². The number of carbonyl (C=O) groups is 1. The molecule has 0 unspecified atom stereocenters. The molecule has 1 atom stereocenters. The first kappa shape index (κ1) is 14.1. The maximum absolute atomic E-state index is 12.2. The standard InChI is InChI=1S/C17H23N3O/c18-16(12-7-3-1-4-8-12)15-14(11-19-17(15)21)20-13-9-5-2-6-10-13/h1,3-4,7-8,13,16,20H,2,5-6,9-11,18H2,(H,19,21)/t16-/m0/s1. The third kappa shape index (κ3) is 3.10. The van der Waals surface area contributed by atoms with Crippen LogP contribution in [-0.2, 0) is 4.79 Å². The third-order valence-corrected chi connectivity index (χ3v) is 4.45. The van der Waals surface area contributed by atoms with Gasteiger partial charge in [-0.25, -0.2) is 0 Å². The minimum absolute atomic E-state index is 0.0373. The predicted molar refractivity (Wildman–Crippen MR) is 83.4 cm³/mol. The fourth-order valence-electron chi connectivity index (χ4n) is 3.27. The van der Waals surface area contributed by atoms with Crippen molar-refractivity contribution in [3.63, 3.8) is 0 Å². The van der Waals surface area contributed by atoms with E-state index in [1.165, 1.54) is 32.1 Å². The van der Waals surface area contributed by atoms with Crippen LogP contribution in [0.3, 0.4) is 0 Å². The minimum atomic E-state index is -0.361. The maximum atomic E-state index is 12.2. The number of carbonyl (C=O) groups excluding carboxylic acids is 1. The van der Waals surface area contributed by atoms with E-state index in [0.29, 0.717) is 18.2 Å². The zero-order valence-electron chi connectivity index (χ0n) is 12.3. The lowest BCUT2D eigenvalue weighted by Gasteiger charge is -2.25. The monoisotopic (exact) mass is 285 g/mol. The van der Waals surface area contributed by atoms with Crippen LogP contribution in [0.4, 0.5) is 0 Å². The quantitative estimate of drug-likeness (QED) is 0.792. The van der Waals surface area contributed by atoms with Gasteiger partial charge in [-0.15, -0.1) is 0 Å². The molecular formula is C17H23N3O. The van der Waals surface area contributed by atoms with E-state index in [0.717, 1.165) is 11.3 Å². The Kier molecular flexibility index (Phi) is 4.25. The maximum Gasteiger partial charge on any atom is 0.251 e. The smallest absolute Gasteiger partial charge is 0.251 e. The fraction of sp³-hybridized carbons (Fsp3) is 0.471. The van der Waals surface area contributed by atoms with Gasteiger partial charge in [0.05, 0.1) is 18.2 Å².